The van der Waals surface area contributed by atoms with E-state index in [1.54, 1.807) is 4.90 Å². The number of fused-ring (bicyclic) bond motifs is 1. The molecule has 4 atom stereocenters. The Labute approximate surface area is 129 Å². The van der Waals surface area contributed by atoms with Gasteiger partial charge in [-0.05, 0) is 37.5 Å². The average molecular weight is 306 g/mol. The predicted octanol–water partition coefficient (Wildman–Crippen LogP) is 0.479. The molecule has 0 aromatic carbocycles. The van der Waals surface area contributed by atoms with Crippen LogP contribution in [0.3, 0.4) is 0 Å². The smallest absolute Gasteiger partial charge is 0.407 e. The molecule has 0 spiro atoms. The predicted molar refractivity (Wildman–Crippen MR) is 78.0 cm³/mol. The molecule has 3 fully saturated rings. The van der Waals surface area contributed by atoms with E-state index in [9.17, 15) is 9.59 Å². The van der Waals surface area contributed by atoms with Gasteiger partial charge in [0.05, 0.1) is 12.6 Å². The van der Waals surface area contributed by atoms with Gasteiger partial charge in [0.2, 0.25) is 5.91 Å². The van der Waals surface area contributed by atoms with Crippen LogP contribution in [0.1, 0.15) is 25.7 Å². The van der Waals surface area contributed by atoms with Crippen molar-refractivity contribution < 1.29 is 14.7 Å². The number of rotatable bonds is 3. The van der Waals surface area contributed by atoms with E-state index in [-0.39, 0.29) is 24.5 Å². The molecule has 0 radical (unpaired) electrons. The highest BCUT2D eigenvalue weighted by Gasteiger charge is 2.42. The van der Waals surface area contributed by atoms with Gasteiger partial charge in [-0.3, -0.25) is 4.79 Å². The molecule has 0 aromatic rings. The van der Waals surface area contributed by atoms with E-state index in [1.807, 2.05) is 0 Å². The lowest BCUT2D eigenvalue weighted by molar-refractivity contribution is -0.130. The zero-order valence-corrected chi connectivity index (χ0v) is 12.6. The highest BCUT2D eigenvalue weighted by Crippen LogP contribution is 2.38. The molecule has 22 heavy (non-hydrogen) atoms. The third-order valence-electron chi connectivity index (χ3n) is 5.29. The normalized spacial score (nSPS) is 33.8. The van der Waals surface area contributed by atoms with Crippen molar-refractivity contribution in [3.63, 3.8) is 0 Å². The van der Waals surface area contributed by atoms with E-state index in [4.69, 9.17) is 10.4 Å². The van der Waals surface area contributed by atoms with Crippen LogP contribution < -0.4 is 5.32 Å². The summed E-state index contributed by atoms with van der Waals surface area (Å²) in [6.07, 6.45) is 2.72. The SMILES string of the molecule is N#C[C@@H]1CCCN1C(=O)CN[C@@H]1C[C@@H]2CN(C(=O)O)C[C@@H]2C1. The first-order chi connectivity index (χ1) is 10.6. The number of likely N-dealkylation sites (tertiary alicyclic amines) is 2. The Morgan fingerprint density at radius 1 is 1.27 bits per heavy atom. The van der Waals surface area contributed by atoms with E-state index in [0.717, 1.165) is 25.7 Å². The maximum atomic E-state index is 12.2. The molecule has 2 heterocycles. The molecule has 120 valence electrons. The van der Waals surface area contributed by atoms with Crippen LogP contribution in [0.5, 0.6) is 0 Å². The van der Waals surface area contributed by atoms with Gasteiger partial charge in [0.1, 0.15) is 6.04 Å². The number of nitrogens with one attached hydrogen (secondary N) is 1. The molecule has 2 saturated heterocycles. The minimum atomic E-state index is -0.828. The van der Waals surface area contributed by atoms with Gasteiger partial charge in [-0.1, -0.05) is 0 Å². The Hall–Kier alpha value is -1.81. The van der Waals surface area contributed by atoms with Crippen LogP contribution in [0.25, 0.3) is 0 Å². The molecular weight excluding hydrogens is 284 g/mol. The molecule has 2 aliphatic heterocycles. The maximum absolute atomic E-state index is 12.2. The van der Waals surface area contributed by atoms with Crippen molar-refractivity contribution in [3.05, 3.63) is 0 Å². The lowest BCUT2D eigenvalue weighted by atomic mass is 10.0. The minimum Gasteiger partial charge on any atom is -0.465 e. The molecule has 0 aromatic heterocycles. The molecule has 3 rings (SSSR count). The van der Waals surface area contributed by atoms with Crippen molar-refractivity contribution in [2.24, 2.45) is 11.8 Å². The number of hydrogen-bond acceptors (Lipinski definition) is 4. The lowest BCUT2D eigenvalue weighted by Crippen LogP contribution is -2.43. The number of hydrogen-bond donors (Lipinski definition) is 2. The quantitative estimate of drug-likeness (QED) is 0.790. The number of nitrogens with zero attached hydrogens (tertiary/aromatic N) is 3. The maximum Gasteiger partial charge on any atom is 0.407 e. The van der Waals surface area contributed by atoms with Gasteiger partial charge in [-0.15, -0.1) is 0 Å². The highest BCUT2D eigenvalue weighted by atomic mass is 16.4. The van der Waals surface area contributed by atoms with Gasteiger partial charge in [-0.25, -0.2) is 4.79 Å². The van der Waals surface area contributed by atoms with Crippen LogP contribution >= 0.6 is 0 Å². The van der Waals surface area contributed by atoms with Crippen molar-refractivity contribution in [1.82, 2.24) is 15.1 Å². The van der Waals surface area contributed by atoms with E-state index in [2.05, 4.69) is 11.4 Å². The Morgan fingerprint density at radius 2 is 1.95 bits per heavy atom. The monoisotopic (exact) mass is 306 g/mol. The first-order valence-corrected chi connectivity index (χ1v) is 7.99. The molecule has 2 amide bonds. The van der Waals surface area contributed by atoms with Crippen LogP contribution in [-0.4, -0.2) is 65.2 Å². The molecule has 1 saturated carbocycles. The van der Waals surface area contributed by atoms with Gasteiger partial charge in [-0.2, -0.15) is 5.26 Å². The Morgan fingerprint density at radius 3 is 2.55 bits per heavy atom. The topological polar surface area (TPSA) is 96.7 Å². The lowest BCUT2D eigenvalue weighted by Gasteiger charge is -2.22. The summed E-state index contributed by atoms with van der Waals surface area (Å²) in [5, 5.41) is 21.3. The molecule has 2 N–H and O–H groups in total. The number of carbonyl (C=O) groups is 2. The molecule has 3 aliphatic rings. The first-order valence-electron chi connectivity index (χ1n) is 7.99. The van der Waals surface area contributed by atoms with Crippen molar-refractivity contribution >= 4 is 12.0 Å². The number of carboxylic acid groups (broad SMARTS) is 1. The van der Waals surface area contributed by atoms with Crippen LogP contribution in [0.2, 0.25) is 0 Å². The summed E-state index contributed by atoms with van der Waals surface area (Å²) in [7, 11) is 0. The van der Waals surface area contributed by atoms with Crippen LogP contribution in [-0.2, 0) is 4.79 Å². The van der Waals surface area contributed by atoms with E-state index in [1.165, 1.54) is 4.90 Å². The molecular formula is C15H22N4O3. The summed E-state index contributed by atoms with van der Waals surface area (Å²) in [6.45, 7) is 2.21. The summed E-state index contributed by atoms with van der Waals surface area (Å²) in [6, 6.07) is 2.21. The molecule has 0 unspecified atom stereocenters. The number of nitriles is 1. The second-order valence-corrected chi connectivity index (χ2v) is 6.63. The number of carbonyl (C=O) groups excluding carboxylic acids is 1. The highest BCUT2D eigenvalue weighted by molar-refractivity contribution is 5.79. The zero-order chi connectivity index (χ0) is 15.7. The third kappa shape index (κ3) is 2.88. The van der Waals surface area contributed by atoms with Crippen LogP contribution in [0.4, 0.5) is 4.79 Å². The Balaban J connectivity index is 1.44. The Bertz CT molecular complexity index is 490. The summed E-state index contributed by atoms with van der Waals surface area (Å²) in [4.78, 5) is 26.3. The second kappa shape index (κ2) is 6.13. The van der Waals surface area contributed by atoms with Crippen LogP contribution in [0, 0.1) is 23.2 Å². The van der Waals surface area contributed by atoms with Gasteiger partial charge in [0, 0.05) is 25.7 Å². The molecule has 0 bridgehead atoms. The van der Waals surface area contributed by atoms with E-state index >= 15 is 0 Å². The second-order valence-electron chi connectivity index (χ2n) is 6.63. The molecule has 7 heteroatoms. The standard InChI is InChI=1S/C15H22N4O3/c16-6-13-2-1-3-19(13)14(20)7-17-12-4-10-8-18(15(21)22)9-11(10)5-12/h10-13,17H,1-5,7-9H2,(H,21,22)/t10-,11+,12-,13-/m0/s1. The average Bonchev–Trinajstić information content (AvgIpc) is 3.17. The fraction of sp³-hybridized carbons (Fsp3) is 0.800. The van der Waals surface area contributed by atoms with Crippen molar-refractivity contribution in [2.45, 2.75) is 37.8 Å². The summed E-state index contributed by atoms with van der Waals surface area (Å²) >= 11 is 0. The van der Waals surface area contributed by atoms with Crippen LogP contribution in [0.15, 0.2) is 0 Å². The fourth-order valence-electron chi connectivity index (χ4n) is 4.16. The van der Waals surface area contributed by atoms with E-state index in [0.29, 0.717) is 31.5 Å². The van der Waals surface area contributed by atoms with Crippen molar-refractivity contribution in [2.75, 3.05) is 26.2 Å². The largest absolute Gasteiger partial charge is 0.465 e. The third-order valence-corrected chi connectivity index (χ3v) is 5.29. The summed E-state index contributed by atoms with van der Waals surface area (Å²) < 4.78 is 0. The first kappa shape index (κ1) is 15.1. The molecule has 7 nitrogen and oxygen atoms in total. The van der Waals surface area contributed by atoms with Crippen molar-refractivity contribution in [1.29, 1.82) is 5.26 Å². The fourth-order valence-corrected chi connectivity index (χ4v) is 4.16. The van der Waals surface area contributed by atoms with Gasteiger partial charge < -0.3 is 20.2 Å². The summed E-state index contributed by atoms with van der Waals surface area (Å²) in [5.74, 6) is 0.845. The van der Waals surface area contributed by atoms with Gasteiger partial charge in [0.25, 0.3) is 0 Å². The summed E-state index contributed by atoms with van der Waals surface area (Å²) in [5.41, 5.74) is 0. The van der Waals surface area contributed by atoms with Gasteiger partial charge >= 0.3 is 6.09 Å². The zero-order valence-electron chi connectivity index (χ0n) is 12.6. The minimum absolute atomic E-state index is 0.00766. The van der Waals surface area contributed by atoms with Crippen molar-refractivity contribution in [3.8, 4) is 6.07 Å². The van der Waals surface area contributed by atoms with Gasteiger partial charge in [0.15, 0.2) is 0 Å². The molecule has 1 aliphatic carbocycles. The Kier molecular flexibility index (Phi) is 4.21. The number of amides is 2. The van der Waals surface area contributed by atoms with E-state index < -0.39 is 6.09 Å².